The normalized spacial score (nSPS) is 23.7. The van der Waals surface area contributed by atoms with Crippen LogP contribution in [0.25, 0.3) is 0 Å². The number of nitrogens with zero attached hydrogens (tertiary/aromatic N) is 5. The summed E-state index contributed by atoms with van der Waals surface area (Å²) >= 11 is 0. The fraction of sp³-hybridized carbons (Fsp3) is 0.636. The summed E-state index contributed by atoms with van der Waals surface area (Å²) in [7, 11) is 2.05. The lowest BCUT2D eigenvalue weighted by atomic mass is 10.1. The van der Waals surface area contributed by atoms with Gasteiger partial charge >= 0.3 is 5.69 Å². The van der Waals surface area contributed by atoms with Crippen LogP contribution in [0.1, 0.15) is 13.8 Å². The highest BCUT2D eigenvalue weighted by atomic mass is 16.6. The summed E-state index contributed by atoms with van der Waals surface area (Å²) in [4.78, 5) is 22.8. The molecule has 1 aromatic rings. The smallest absolute Gasteiger partial charge is 0.348 e. The van der Waals surface area contributed by atoms with Crippen LogP contribution in [0, 0.1) is 10.1 Å². The van der Waals surface area contributed by atoms with Gasteiger partial charge < -0.3 is 10.3 Å². The molecule has 1 aromatic heterocycles. The van der Waals surface area contributed by atoms with E-state index in [0.29, 0.717) is 18.9 Å². The first kappa shape index (κ1) is 14.4. The molecule has 1 aliphatic heterocycles. The lowest BCUT2D eigenvalue weighted by Gasteiger charge is -2.42. The summed E-state index contributed by atoms with van der Waals surface area (Å²) in [6, 6.07) is 0.560. The molecule has 9 heteroatoms. The number of nitrogens with one attached hydrogen (secondary N) is 1. The first-order valence-corrected chi connectivity index (χ1v) is 6.38. The van der Waals surface area contributed by atoms with E-state index in [1.807, 2.05) is 11.9 Å². The van der Waals surface area contributed by atoms with Crippen molar-refractivity contribution in [1.82, 2.24) is 14.9 Å². The Hall–Kier alpha value is -2.00. The number of rotatable bonds is 3. The highest BCUT2D eigenvalue weighted by Crippen LogP contribution is 2.32. The molecule has 2 heterocycles. The molecule has 2 unspecified atom stereocenters. The van der Waals surface area contributed by atoms with Crippen molar-refractivity contribution in [3.63, 3.8) is 0 Å². The Bertz CT molecular complexity index is 498. The summed E-state index contributed by atoms with van der Waals surface area (Å²) in [5, 5.41) is 11.3. The fourth-order valence-corrected chi connectivity index (χ4v) is 2.45. The molecule has 1 aliphatic rings. The summed E-state index contributed by atoms with van der Waals surface area (Å²) in [5.41, 5.74) is 2.08. The molecule has 2 atom stereocenters. The minimum absolute atomic E-state index is 0.0271. The van der Waals surface area contributed by atoms with Crippen LogP contribution in [-0.2, 0) is 0 Å². The van der Waals surface area contributed by atoms with Crippen molar-refractivity contribution in [2.24, 2.45) is 5.84 Å². The van der Waals surface area contributed by atoms with Gasteiger partial charge in [-0.25, -0.2) is 15.8 Å². The lowest BCUT2D eigenvalue weighted by molar-refractivity contribution is -0.383. The van der Waals surface area contributed by atoms with Crippen molar-refractivity contribution in [2.45, 2.75) is 25.9 Å². The molecule has 9 nitrogen and oxygen atoms in total. The van der Waals surface area contributed by atoms with E-state index in [1.165, 1.54) is 6.33 Å². The molecule has 2 rings (SSSR count). The second-order valence-corrected chi connectivity index (χ2v) is 5.06. The van der Waals surface area contributed by atoms with E-state index in [0.717, 1.165) is 0 Å². The zero-order chi connectivity index (χ0) is 14.9. The monoisotopic (exact) mass is 281 g/mol. The number of nitro groups is 1. The number of piperazine rings is 1. The van der Waals surface area contributed by atoms with Crippen LogP contribution in [-0.4, -0.2) is 52.0 Å². The number of hydrazine groups is 1. The van der Waals surface area contributed by atoms with E-state index in [9.17, 15) is 10.1 Å². The highest BCUT2D eigenvalue weighted by molar-refractivity contribution is 5.70. The van der Waals surface area contributed by atoms with Crippen LogP contribution in [0.15, 0.2) is 6.33 Å². The van der Waals surface area contributed by atoms with Crippen molar-refractivity contribution in [1.29, 1.82) is 0 Å². The summed E-state index contributed by atoms with van der Waals surface area (Å²) in [6.07, 6.45) is 1.28. The van der Waals surface area contributed by atoms with Crippen LogP contribution in [0.3, 0.4) is 0 Å². The largest absolute Gasteiger partial charge is 0.354 e. The minimum atomic E-state index is -0.502. The second-order valence-electron chi connectivity index (χ2n) is 5.06. The summed E-state index contributed by atoms with van der Waals surface area (Å²) in [5.74, 6) is 5.63. The van der Waals surface area contributed by atoms with Crippen molar-refractivity contribution >= 4 is 17.3 Å². The average molecular weight is 281 g/mol. The van der Waals surface area contributed by atoms with Gasteiger partial charge in [-0.2, -0.15) is 0 Å². The van der Waals surface area contributed by atoms with Gasteiger partial charge in [0.1, 0.15) is 6.33 Å². The standard InChI is InChI=1S/C11H19N7O2/c1-7-4-17(5-8(2)16(7)3)11-9(18(19)20)10(15-12)13-6-14-11/h6-8H,4-5,12H2,1-3H3,(H,13,14,15). The molecule has 1 saturated heterocycles. The zero-order valence-corrected chi connectivity index (χ0v) is 11.8. The van der Waals surface area contributed by atoms with E-state index in [4.69, 9.17) is 5.84 Å². The third-order valence-corrected chi connectivity index (χ3v) is 3.78. The van der Waals surface area contributed by atoms with Gasteiger partial charge in [-0.15, -0.1) is 0 Å². The Kier molecular flexibility index (Phi) is 4.00. The number of hydrogen-bond donors (Lipinski definition) is 2. The van der Waals surface area contributed by atoms with Gasteiger partial charge in [0.2, 0.25) is 11.6 Å². The number of hydrogen-bond acceptors (Lipinski definition) is 8. The van der Waals surface area contributed by atoms with Crippen LogP contribution in [0.2, 0.25) is 0 Å². The fourth-order valence-electron chi connectivity index (χ4n) is 2.45. The maximum absolute atomic E-state index is 11.3. The molecule has 1 fully saturated rings. The second kappa shape index (κ2) is 5.55. The Morgan fingerprint density at radius 1 is 1.40 bits per heavy atom. The van der Waals surface area contributed by atoms with Crippen molar-refractivity contribution < 1.29 is 4.92 Å². The third kappa shape index (κ3) is 2.49. The van der Waals surface area contributed by atoms with Crippen LogP contribution in [0.4, 0.5) is 17.3 Å². The van der Waals surface area contributed by atoms with Gasteiger partial charge in [-0.1, -0.05) is 0 Å². The maximum Gasteiger partial charge on any atom is 0.354 e. The Morgan fingerprint density at radius 2 is 2.00 bits per heavy atom. The van der Waals surface area contributed by atoms with Gasteiger partial charge in [0.25, 0.3) is 0 Å². The maximum atomic E-state index is 11.3. The number of aromatic nitrogens is 2. The molecule has 3 N–H and O–H groups in total. The molecule has 0 aliphatic carbocycles. The molecule has 0 amide bonds. The van der Waals surface area contributed by atoms with Crippen molar-refractivity contribution in [3.8, 4) is 0 Å². The molecule has 0 aromatic carbocycles. The lowest BCUT2D eigenvalue weighted by Crippen LogP contribution is -2.55. The van der Waals surface area contributed by atoms with Gasteiger partial charge in [0.15, 0.2) is 0 Å². The van der Waals surface area contributed by atoms with Gasteiger partial charge in [-0.05, 0) is 20.9 Å². The molecule has 0 bridgehead atoms. The predicted octanol–water partition coefficient (Wildman–Crippen LogP) is 0.199. The van der Waals surface area contributed by atoms with Gasteiger partial charge in [-0.3, -0.25) is 15.0 Å². The molecule has 0 spiro atoms. The SMILES string of the molecule is CC1CN(c2ncnc(NN)c2[N+](=O)[O-])CC(C)N1C. The Labute approximate surface area is 116 Å². The number of likely N-dealkylation sites (N-methyl/N-ethyl adjacent to an activating group) is 1. The van der Waals surface area contributed by atoms with E-state index in [2.05, 4.69) is 34.1 Å². The molecule has 20 heavy (non-hydrogen) atoms. The molecule has 110 valence electrons. The first-order chi connectivity index (χ1) is 9.45. The Balaban J connectivity index is 2.40. The minimum Gasteiger partial charge on any atom is -0.348 e. The Morgan fingerprint density at radius 3 is 2.50 bits per heavy atom. The van der Waals surface area contributed by atoms with E-state index < -0.39 is 4.92 Å². The average Bonchev–Trinajstić information content (AvgIpc) is 2.43. The van der Waals surface area contributed by atoms with Gasteiger partial charge in [0.05, 0.1) is 4.92 Å². The van der Waals surface area contributed by atoms with E-state index in [-0.39, 0.29) is 23.6 Å². The van der Waals surface area contributed by atoms with Crippen molar-refractivity contribution in [2.75, 3.05) is 30.5 Å². The van der Waals surface area contributed by atoms with E-state index >= 15 is 0 Å². The zero-order valence-electron chi connectivity index (χ0n) is 11.8. The number of anilines is 2. The molecule has 0 saturated carbocycles. The highest BCUT2D eigenvalue weighted by Gasteiger charge is 2.33. The topological polar surface area (TPSA) is 113 Å². The van der Waals surface area contributed by atoms with Crippen LogP contribution in [0.5, 0.6) is 0 Å². The van der Waals surface area contributed by atoms with Gasteiger partial charge in [0, 0.05) is 25.2 Å². The van der Waals surface area contributed by atoms with Crippen LogP contribution < -0.4 is 16.2 Å². The first-order valence-electron chi connectivity index (χ1n) is 6.38. The quantitative estimate of drug-likeness (QED) is 0.459. The number of nitrogen functional groups attached to an aromatic ring is 1. The summed E-state index contributed by atoms with van der Waals surface area (Å²) in [6.45, 7) is 5.50. The molecular weight excluding hydrogens is 262 g/mol. The predicted molar refractivity (Wildman–Crippen MR) is 75.4 cm³/mol. The molecular formula is C11H19N7O2. The van der Waals surface area contributed by atoms with Crippen LogP contribution >= 0.6 is 0 Å². The third-order valence-electron chi connectivity index (χ3n) is 3.78. The number of nitrogens with two attached hydrogens (primary N) is 1. The van der Waals surface area contributed by atoms with Crippen molar-refractivity contribution in [3.05, 3.63) is 16.4 Å². The molecule has 0 radical (unpaired) electrons. The van der Waals surface area contributed by atoms with E-state index in [1.54, 1.807) is 0 Å². The summed E-state index contributed by atoms with van der Waals surface area (Å²) < 4.78 is 0.